The third-order valence-corrected chi connectivity index (χ3v) is 4.93. The molecule has 1 aliphatic carbocycles. The van der Waals surface area contributed by atoms with Crippen LogP contribution in [-0.4, -0.2) is 29.5 Å². The fraction of sp³-hybridized carbons (Fsp3) is 0.588. The van der Waals surface area contributed by atoms with Crippen molar-refractivity contribution in [2.24, 2.45) is 0 Å². The molecule has 0 saturated carbocycles. The number of hydrogen-bond acceptors (Lipinski definition) is 5. The number of aromatic nitrogens is 1. The number of nitrogens with zero attached hydrogens (tertiary/aromatic N) is 1. The Kier molecular flexibility index (Phi) is 6.33. The number of ether oxygens (including phenoxy) is 1. The van der Waals surface area contributed by atoms with Crippen molar-refractivity contribution in [3.8, 4) is 0 Å². The molecule has 0 saturated heterocycles. The quantitative estimate of drug-likeness (QED) is 0.639. The zero-order chi connectivity index (χ0) is 16.8. The molecule has 0 unspecified atom stereocenters. The largest absolute Gasteiger partial charge is 0.448 e. The Hall–Kier alpha value is -1.69. The smallest absolute Gasteiger partial charge is 0.351 e. The molecule has 1 atom stereocenters. The van der Waals surface area contributed by atoms with Crippen molar-refractivity contribution in [1.29, 1.82) is 0 Å². The van der Waals surface area contributed by atoms with Gasteiger partial charge in [0, 0.05) is 6.54 Å². The molecule has 23 heavy (non-hydrogen) atoms. The summed E-state index contributed by atoms with van der Waals surface area (Å²) in [7, 11) is 0. The summed E-state index contributed by atoms with van der Waals surface area (Å²) in [6, 6.07) is 0. The van der Waals surface area contributed by atoms with E-state index in [-0.39, 0.29) is 5.91 Å². The SMILES string of the molecule is Cc1nc(C)c(C(=O)O[C@H](C)C(=O)NCCC2=CCCCC2)s1. The molecule has 1 heterocycles. The van der Waals surface area contributed by atoms with Crippen LogP contribution in [0.2, 0.25) is 0 Å². The average molecular weight is 336 g/mol. The highest BCUT2D eigenvalue weighted by molar-refractivity contribution is 7.13. The molecule has 0 radical (unpaired) electrons. The molecule has 5 nitrogen and oxygen atoms in total. The number of amides is 1. The van der Waals surface area contributed by atoms with Gasteiger partial charge in [0.2, 0.25) is 0 Å². The first kappa shape index (κ1) is 17.7. The summed E-state index contributed by atoms with van der Waals surface area (Å²) < 4.78 is 5.24. The molecule has 1 aromatic rings. The van der Waals surface area contributed by atoms with Crippen molar-refractivity contribution in [1.82, 2.24) is 10.3 Å². The van der Waals surface area contributed by atoms with Gasteiger partial charge in [0.15, 0.2) is 6.10 Å². The molecular weight excluding hydrogens is 312 g/mol. The predicted molar refractivity (Wildman–Crippen MR) is 90.6 cm³/mol. The molecule has 0 fully saturated rings. The van der Waals surface area contributed by atoms with Gasteiger partial charge in [-0.2, -0.15) is 0 Å². The van der Waals surface area contributed by atoms with Crippen LogP contribution in [0.5, 0.6) is 0 Å². The molecule has 1 amide bonds. The third kappa shape index (κ3) is 5.16. The van der Waals surface area contributed by atoms with Gasteiger partial charge in [0.05, 0.1) is 10.7 Å². The van der Waals surface area contributed by atoms with Gasteiger partial charge in [-0.15, -0.1) is 11.3 Å². The normalized spacial score (nSPS) is 15.7. The number of nitrogens with one attached hydrogen (secondary N) is 1. The molecular formula is C17H24N2O3S. The van der Waals surface area contributed by atoms with Gasteiger partial charge < -0.3 is 10.1 Å². The Morgan fingerprint density at radius 1 is 1.39 bits per heavy atom. The van der Waals surface area contributed by atoms with E-state index in [9.17, 15) is 9.59 Å². The molecule has 0 bridgehead atoms. The highest BCUT2D eigenvalue weighted by atomic mass is 32.1. The van der Waals surface area contributed by atoms with Crippen LogP contribution < -0.4 is 5.32 Å². The molecule has 126 valence electrons. The van der Waals surface area contributed by atoms with Crippen LogP contribution in [0, 0.1) is 13.8 Å². The van der Waals surface area contributed by atoms with Gasteiger partial charge in [0.1, 0.15) is 4.88 Å². The van der Waals surface area contributed by atoms with Crippen molar-refractivity contribution in [3.63, 3.8) is 0 Å². The number of carbonyl (C=O) groups excluding carboxylic acids is 2. The number of thiazole rings is 1. The first-order chi connectivity index (χ1) is 11.0. The van der Waals surface area contributed by atoms with E-state index >= 15 is 0 Å². The van der Waals surface area contributed by atoms with Gasteiger partial charge in [0.25, 0.3) is 5.91 Å². The van der Waals surface area contributed by atoms with Crippen LogP contribution in [-0.2, 0) is 9.53 Å². The summed E-state index contributed by atoms with van der Waals surface area (Å²) in [5.41, 5.74) is 2.06. The van der Waals surface area contributed by atoms with Crippen LogP contribution in [0.3, 0.4) is 0 Å². The minimum atomic E-state index is -0.801. The maximum Gasteiger partial charge on any atom is 0.351 e. The van der Waals surface area contributed by atoms with Crippen LogP contribution in [0.4, 0.5) is 0 Å². The Labute approximate surface area is 141 Å². The topological polar surface area (TPSA) is 68.3 Å². The summed E-state index contributed by atoms with van der Waals surface area (Å²) in [6.45, 7) is 5.79. The van der Waals surface area contributed by atoms with Gasteiger partial charge in [-0.25, -0.2) is 9.78 Å². The van der Waals surface area contributed by atoms with Crippen LogP contribution in [0.15, 0.2) is 11.6 Å². The van der Waals surface area contributed by atoms with E-state index < -0.39 is 12.1 Å². The Balaban J connectivity index is 1.77. The lowest BCUT2D eigenvalue weighted by molar-refractivity contribution is -0.129. The third-order valence-electron chi connectivity index (χ3n) is 3.87. The fourth-order valence-corrected chi connectivity index (χ4v) is 3.41. The molecule has 2 rings (SSSR count). The molecule has 1 N–H and O–H groups in total. The lowest BCUT2D eigenvalue weighted by Gasteiger charge is -2.15. The Morgan fingerprint density at radius 2 is 2.17 bits per heavy atom. The number of aryl methyl sites for hydroxylation is 2. The lowest BCUT2D eigenvalue weighted by atomic mass is 9.97. The van der Waals surface area contributed by atoms with Gasteiger partial charge in [-0.05, 0) is 52.9 Å². The number of esters is 1. The van der Waals surface area contributed by atoms with Gasteiger partial charge in [-0.1, -0.05) is 11.6 Å². The second kappa shape index (κ2) is 8.24. The Bertz CT molecular complexity index is 607. The second-order valence-corrected chi connectivity index (χ2v) is 7.05. The van der Waals surface area contributed by atoms with E-state index in [1.165, 1.54) is 29.8 Å². The van der Waals surface area contributed by atoms with E-state index in [1.807, 2.05) is 6.92 Å². The predicted octanol–water partition coefficient (Wildman–Crippen LogP) is 3.31. The summed E-state index contributed by atoms with van der Waals surface area (Å²) in [5, 5.41) is 3.65. The van der Waals surface area contributed by atoms with Crippen molar-refractivity contribution >= 4 is 23.2 Å². The zero-order valence-electron chi connectivity index (χ0n) is 14.0. The summed E-state index contributed by atoms with van der Waals surface area (Å²) in [4.78, 5) is 28.8. The van der Waals surface area contributed by atoms with Gasteiger partial charge >= 0.3 is 5.97 Å². The number of carbonyl (C=O) groups is 2. The monoisotopic (exact) mass is 336 g/mol. The zero-order valence-corrected chi connectivity index (χ0v) is 14.8. The Morgan fingerprint density at radius 3 is 2.78 bits per heavy atom. The second-order valence-electron chi connectivity index (χ2n) is 5.84. The first-order valence-corrected chi connectivity index (χ1v) is 8.89. The van der Waals surface area contributed by atoms with E-state index in [0.717, 1.165) is 24.3 Å². The molecule has 0 aromatic carbocycles. The van der Waals surface area contributed by atoms with Crippen molar-refractivity contribution < 1.29 is 14.3 Å². The van der Waals surface area contributed by atoms with Crippen molar-refractivity contribution in [2.45, 2.75) is 59.0 Å². The average Bonchev–Trinajstić information content (AvgIpc) is 2.87. The van der Waals surface area contributed by atoms with Crippen LogP contribution >= 0.6 is 11.3 Å². The summed E-state index contributed by atoms with van der Waals surface area (Å²) in [6.07, 6.45) is 7.12. The molecule has 0 aliphatic heterocycles. The van der Waals surface area contributed by atoms with E-state index in [0.29, 0.717) is 17.1 Å². The molecule has 1 aromatic heterocycles. The van der Waals surface area contributed by atoms with E-state index in [4.69, 9.17) is 4.74 Å². The first-order valence-electron chi connectivity index (χ1n) is 8.08. The number of allylic oxidation sites excluding steroid dienone is 1. The maximum absolute atomic E-state index is 12.1. The summed E-state index contributed by atoms with van der Waals surface area (Å²) >= 11 is 1.29. The van der Waals surface area contributed by atoms with Crippen LogP contribution in [0.25, 0.3) is 0 Å². The molecule has 6 heteroatoms. The lowest BCUT2D eigenvalue weighted by Crippen LogP contribution is -2.36. The standard InChI is InChI=1S/C17H24N2O3S/c1-11-15(23-13(3)19-11)17(21)22-12(2)16(20)18-10-9-14-7-5-4-6-8-14/h7,12H,4-6,8-10H2,1-3H3,(H,18,20)/t12-/m1/s1. The number of hydrogen-bond donors (Lipinski definition) is 1. The number of rotatable bonds is 6. The van der Waals surface area contributed by atoms with Crippen molar-refractivity contribution in [2.75, 3.05) is 6.54 Å². The minimum absolute atomic E-state index is 0.256. The summed E-state index contributed by atoms with van der Waals surface area (Å²) in [5.74, 6) is -0.737. The van der Waals surface area contributed by atoms with Crippen molar-refractivity contribution in [3.05, 3.63) is 27.2 Å². The van der Waals surface area contributed by atoms with E-state index in [1.54, 1.807) is 13.8 Å². The van der Waals surface area contributed by atoms with E-state index in [2.05, 4.69) is 16.4 Å². The van der Waals surface area contributed by atoms with Gasteiger partial charge in [-0.3, -0.25) is 4.79 Å². The fourth-order valence-electron chi connectivity index (χ4n) is 2.61. The highest BCUT2D eigenvalue weighted by Crippen LogP contribution is 2.20. The maximum atomic E-state index is 12.1. The highest BCUT2D eigenvalue weighted by Gasteiger charge is 2.22. The minimum Gasteiger partial charge on any atom is -0.448 e. The van der Waals surface area contributed by atoms with Crippen LogP contribution in [0.1, 0.15) is 59.4 Å². The molecule has 0 spiro atoms. The molecule has 1 aliphatic rings.